The highest BCUT2D eigenvalue weighted by Crippen LogP contribution is 2.12. The van der Waals surface area contributed by atoms with Gasteiger partial charge < -0.3 is 9.64 Å². The molecule has 1 aliphatic rings. The number of morpholine rings is 1. The largest absolute Gasteiger partial charge is 0.375 e. The van der Waals surface area contributed by atoms with Gasteiger partial charge in [0.25, 0.3) is 0 Å². The third-order valence-corrected chi connectivity index (χ3v) is 3.78. The van der Waals surface area contributed by atoms with E-state index in [1.54, 1.807) is 23.1 Å². The summed E-state index contributed by atoms with van der Waals surface area (Å²) in [6.45, 7) is 5.15. The molecule has 1 amide bonds. The van der Waals surface area contributed by atoms with Crippen LogP contribution in [0.5, 0.6) is 0 Å². The number of benzene rings is 1. The molecule has 120 valence electrons. The third-order valence-electron chi connectivity index (χ3n) is 3.78. The van der Waals surface area contributed by atoms with Crippen molar-refractivity contribution in [2.24, 2.45) is 0 Å². The Hall–Kier alpha value is -2.47. The molecule has 6 heteroatoms. The zero-order valence-electron chi connectivity index (χ0n) is 13.3. The van der Waals surface area contributed by atoms with Crippen LogP contribution in [-0.2, 0) is 9.53 Å². The summed E-state index contributed by atoms with van der Waals surface area (Å²) in [4.78, 5) is 15.7. The van der Waals surface area contributed by atoms with Gasteiger partial charge in [-0.25, -0.2) is 0 Å². The lowest BCUT2D eigenvalue weighted by Crippen LogP contribution is -2.49. The van der Waals surface area contributed by atoms with Crippen LogP contribution in [0.1, 0.15) is 19.5 Å². The minimum Gasteiger partial charge on any atom is -0.375 e. The molecule has 2 atom stereocenters. The van der Waals surface area contributed by atoms with E-state index in [1.165, 1.54) is 0 Å². The first kappa shape index (κ1) is 15.4. The van der Waals surface area contributed by atoms with Crippen LogP contribution in [0, 0.1) is 0 Å². The summed E-state index contributed by atoms with van der Waals surface area (Å²) in [5.74, 6) is -0.0260. The monoisotopic (exact) mass is 312 g/mol. The summed E-state index contributed by atoms with van der Waals surface area (Å²) in [7, 11) is 0. The van der Waals surface area contributed by atoms with Crippen molar-refractivity contribution >= 4 is 12.0 Å². The third kappa shape index (κ3) is 3.65. The zero-order valence-corrected chi connectivity index (χ0v) is 13.3. The van der Waals surface area contributed by atoms with Crippen LogP contribution in [0.25, 0.3) is 11.8 Å². The molecule has 0 saturated carbocycles. The Kier molecular flexibility index (Phi) is 4.52. The molecule has 23 heavy (non-hydrogen) atoms. The van der Waals surface area contributed by atoms with Gasteiger partial charge in [0.15, 0.2) is 0 Å². The molecule has 2 aromatic rings. The van der Waals surface area contributed by atoms with Crippen molar-refractivity contribution in [3.63, 3.8) is 0 Å². The van der Waals surface area contributed by atoms with Crippen molar-refractivity contribution in [3.05, 3.63) is 48.3 Å². The second-order valence-electron chi connectivity index (χ2n) is 5.71. The number of ether oxygens (including phenoxy) is 1. The van der Waals surface area contributed by atoms with Crippen LogP contribution >= 0.6 is 0 Å². The number of para-hydroxylation sites is 1. The highest BCUT2D eigenvalue weighted by Gasteiger charge is 2.25. The minimum atomic E-state index is -0.0260. The molecule has 6 nitrogen and oxygen atoms in total. The predicted molar refractivity (Wildman–Crippen MR) is 87.0 cm³/mol. The van der Waals surface area contributed by atoms with Crippen molar-refractivity contribution in [2.75, 3.05) is 13.2 Å². The number of amides is 1. The molecule has 1 fully saturated rings. The fourth-order valence-corrected chi connectivity index (χ4v) is 2.50. The Morgan fingerprint density at radius 2 is 2.09 bits per heavy atom. The van der Waals surface area contributed by atoms with Gasteiger partial charge >= 0.3 is 0 Å². The number of hydrogen-bond donors (Lipinski definition) is 0. The number of nitrogens with zero attached hydrogens (tertiary/aromatic N) is 4. The van der Waals surface area contributed by atoms with Crippen LogP contribution in [-0.4, -0.2) is 51.1 Å². The maximum Gasteiger partial charge on any atom is 0.247 e. The summed E-state index contributed by atoms with van der Waals surface area (Å²) >= 11 is 0. The van der Waals surface area contributed by atoms with Crippen molar-refractivity contribution < 1.29 is 9.53 Å². The van der Waals surface area contributed by atoms with Crippen LogP contribution < -0.4 is 0 Å². The molecule has 0 radical (unpaired) electrons. The molecule has 0 spiro atoms. The first-order valence-corrected chi connectivity index (χ1v) is 7.71. The molecule has 1 aromatic carbocycles. The number of carbonyl (C=O) groups excluding carboxylic acids is 1. The standard InChI is InChI=1S/C17H20N4O2/c1-13-12-23-14(2)11-20(13)17(22)9-8-15-10-18-21(19-15)16-6-4-3-5-7-16/h3-10,13-14H,11-12H2,1-2H3/b9-8-/t13-,14+/m0/s1. The lowest BCUT2D eigenvalue weighted by Gasteiger charge is -2.36. The van der Waals surface area contributed by atoms with Crippen molar-refractivity contribution in [3.8, 4) is 5.69 Å². The van der Waals surface area contributed by atoms with Gasteiger partial charge in [0.1, 0.15) is 5.69 Å². The first-order chi connectivity index (χ1) is 11.1. The molecule has 0 N–H and O–H groups in total. The van der Waals surface area contributed by atoms with E-state index in [9.17, 15) is 4.79 Å². The number of carbonyl (C=O) groups is 1. The molecule has 1 aliphatic heterocycles. The van der Waals surface area contributed by atoms with E-state index >= 15 is 0 Å². The summed E-state index contributed by atoms with van der Waals surface area (Å²) in [5.41, 5.74) is 1.53. The van der Waals surface area contributed by atoms with E-state index in [4.69, 9.17) is 4.74 Å². The lowest BCUT2D eigenvalue weighted by atomic mass is 10.2. The summed E-state index contributed by atoms with van der Waals surface area (Å²) in [5, 5.41) is 8.57. The molecule has 1 saturated heterocycles. The van der Waals surface area contributed by atoms with Gasteiger partial charge in [-0.3, -0.25) is 4.79 Å². The van der Waals surface area contributed by atoms with E-state index < -0.39 is 0 Å². The highest BCUT2D eigenvalue weighted by molar-refractivity contribution is 5.91. The first-order valence-electron chi connectivity index (χ1n) is 7.71. The molecule has 3 rings (SSSR count). The van der Waals surface area contributed by atoms with E-state index in [0.717, 1.165) is 5.69 Å². The van der Waals surface area contributed by atoms with Crippen molar-refractivity contribution in [1.29, 1.82) is 0 Å². The second-order valence-corrected chi connectivity index (χ2v) is 5.71. The van der Waals surface area contributed by atoms with Gasteiger partial charge in [0.05, 0.1) is 30.6 Å². The van der Waals surface area contributed by atoms with Gasteiger partial charge in [0, 0.05) is 12.6 Å². The maximum absolute atomic E-state index is 12.3. The molecule has 0 bridgehead atoms. The SMILES string of the molecule is C[C@@H]1CN(C(=O)/C=C\c2cnn(-c3ccccc3)n2)[C@@H](C)CO1. The van der Waals surface area contributed by atoms with Gasteiger partial charge in [0.2, 0.25) is 5.91 Å². The fourth-order valence-electron chi connectivity index (χ4n) is 2.50. The Morgan fingerprint density at radius 1 is 1.30 bits per heavy atom. The molecule has 0 aliphatic carbocycles. The van der Waals surface area contributed by atoms with Crippen LogP contribution in [0.15, 0.2) is 42.6 Å². The van der Waals surface area contributed by atoms with E-state index in [1.807, 2.05) is 49.1 Å². The normalized spacial score (nSPS) is 21.7. The highest BCUT2D eigenvalue weighted by atomic mass is 16.5. The van der Waals surface area contributed by atoms with Crippen LogP contribution in [0.3, 0.4) is 0 Å². The van der Waals surface area contributed by atoms with Gasteiger partial charge in [-0.15, -0.1) is 5.10 Å². The van der Waals surface area contributed by atoms with Crippen LogP contribution in [0.2, 0.25) is 0 Å². The summed E-state index contributed by atoms with van der Waals surface area (Å²) in [6, 6.07) is 9.74. The molecular formula is C17H20N4O2. The van der Waals surface area contributed by atoms with Gasteiger partial charge in [-0.05, 0) is 32.1 Å². The number of hydrogen-bond acceptors (Lipinski definition) is 4. The molecule has 1 aromatic heterocycles. The smallest absolute Gasteiger partial charge is 0.247 e. The Labute approximate surface area is 135 Å². The van der Waals surface area contributed by atoms with Gasteiger partial charge in [-0.1, -0.05) is 18.2 Å². The average Bonchev–Trinajstić information content (AvgIpc) is 3.05. The lowest BCUT2D eigenvalue weighted by molar-refractivity contribution is -0.137. The van der Waals surface area contributed by atoms with Crippen LogP contribution in [0.4, 0.5) is 0 Å². The average molecular weight is 312 g/mol. The summed E-state index contributed by atoms with van der Waals surface area (Å²) < 4.78 is 5.54. The topological polar surface area (TPSA) is 60.2 Å². The second kappa shape index (κ2) is 6.75. The molecule has 0 unspecified atom stereocenters. The van der Waals surface area contributed by atoms with Gasteiger partial charge in [-0.2, -0.15) is 9.90 Å². The van der Waals surface area contributed by atoms with Crippen molar-refractivity contribution in [2.45, 2.75) is 26.0 Å². The zero-order chi connectivity index (χ0) is 16.2. The molecule has 2 heterocycles. The Morgan fingerprint density at radius 3 is 2.87 bits per heavy atom. The van der Waals surface area contributed by atoms with E-state index in [0.29, 0.717) is 18.8 Å². The molecular weight excluding hydrogens is 292 g/mol. The van der Waals surface area contributed by atoms with E-state index in [-0.39, 0.29) is 18.1 Å². The Bertz CT molecular complexity index is 696. The van der Waals surface area contributed by atoms with E-state index in [2.05, 4.69) is 10.2 Å². The predicted octanol–water partition coefficient (Wildman–Crippen LogP) is 1.92. The number of rotatable bonds is 3. The summed E-state index contributed by atoms with van der Waals surface area (Å²) in [6.07, 6.45) is 4.96. The fraction of sp³-hybridized carbons (Fsp3) is 0.353. The number of aromatic nitrogens is 3. The quantitative estimate of drug-likeness (QED) is 0.812. The van der Waals surface area contributed by atoms with Crippen molar-refractivity contribution in [1.82, 2.24) is 19.9 Å². The maximum atomic E-state index is 12.3. The Balaban J connectivity index is 1.68. The minimum absolute atomic E-state index is 0.0260.